The number of para-hydroxylation sites is 1. The molecule has 132 valence electrons. The first-order chi connectivity index (χ1) is 12.0. The molecule has 0 unspecified atom stereocenters. The molecule has 8 heteroatoms. The highest BCUT2D eigenvalue weighted by Crippen LogP contribution is 2.27. The monoisotopic (exact) mass is 345 g/mol. The molecule has 2 aromatic rings. The number of amides is 1. The number of nitrogens with one attached hydrogen (secondary N) is 1. The van der Waals surface area contributed by atoms with E-state index in [0.29, 0.717) is 42.3 Å². The summed E-state index contributed by atoms with van der Waals surface area (Å²) in [7, 11) is 0. The van der Waals surface area contributed by atoms with Crippen LogP contribution in [0.25, 0.3) is 0 Å². The maximum absolute atomic E-state index is 12.5. The molecule has 1 fully saturated rings. The maximum Gasteiger partial charge on any atom is 0.306 e. The van der Waals surface area contributed by atoms with Gasteiger partial charge < -0.3 is 19.7 Å². The van der Waals surface area contributed by atoms with Gasteiger partial charge in [-0.3, -0.25) is 9.59 Å². The summed E-state index contributed by atoms with van der Waals surface area (Å²) in [5.74, 6) is -0.230. The molecule has 8 nitrogen and oxygen atoms in total. The minimum atomic E-state index is -0.809. The quantitative estimate of drug-likeness (QED) is 0.822. The number of rotatable bonds is 6. The van der Waals surface area contributed by atoms with Gasteiger partial charge in [0.15, 0.2) is 6.61 Å². The van der Waals surface area contributed by atoms with Gasteiger partial charge >= 0.3 is 5.97 Å². The summed E-state index contributed by atoms with van der Waals surface area (Å²) in [4.78, 5) is 27.6. The number of ether oxygens (including phenoxy) is 1. The van der Waals surface area contributed by atoms with Crippen LogP contribution in [0.5, 0.6) is 5.75 Å². The number of hydrogen-bond donors (Lipinski definition) is 2. The molecule has 0 bridgehead atoms. The Morgan fingerprint density at radius 1 is 1.36 bits per heavy atom. The molecule has 1 amide bonds. The molecular formula is C17H19N3O5. The molecule has 1 saturated carbocycles. The van der Waals surface area contributed by atoms with Crippen LogP contribution in [0, 0.1) is 12.8 Å². The van der Waals surface area contributed by atoms with Gasteiger partial charge in [-0.2, -0.15) is 4.98 Å². The van der Waals surface area contributed by atoms with Gasteiger partial charge in [0.2, 0.25) is 11.7 Å². The van der Waals surface area contributed by atoms with Gasteiger partial charge in [-0.05, 0) is 31.4 Å². The lowest BCUT2D eigenvalue weighted by Gasteiger charge is -2.14. The van der Waals surface area contributed by atoms with Crippen LogP contribution in [0.4, 0.5) is 0 Å². The van der Waals surface area contributed by atoms with Gasteiger partial charge in [-0.25, -0.2) is 0 Å². The van der Waals surface area contributed by atoms with E-state index in [9.17, 15) is 9.59 Å². The number of hydrogen-bond acceptors (Lipinski definition) is 6. The molecule has 0 spiro atoms. The Kier molecular flexibility index (Phi) is 4.97. The van der Waals surface area contributed by atoms with Crippen molar-refractivity contribution in [3.8, 4) is 5.75 Å². The Balaban J connectivity index is 1.63. The smallest absolute Gasteiger partial charge is 0.306 e. The van der Waals surface area contributed by atoms with Crippen LogP contribution in [0.2, 0.25) is 0 Å². The highest BCUT2D eigenvalue weighted by Gasteiger charge is 2.31. The third-order valence-corrected chi connectivity index (χ3v) is 4.18. The van der Waals surface area contributed by atoms with Crippen molar-refractivity contribution in [1.82, 2.24) is 15.5 Å². The van der Waals surface area contributed by atoms with Crippen molar-refractivity contribution in [3.05, 3.63) is 41.5 Å². The molecule has 1 aromatic carbocycles. The van der Waals surface area contributed by atoms with Gasteiger partial charge in [-0.1, -0.05) is 17.3 Å². The van der Waals surface area contributed by atoms with Gasteiger partial charge in [0.05, 0.1) is 11.5 Å². The molecule has 1 aliphatic carbocycles. The van der Waals surface area contributed by atoms with Crippen molar-refractivity contribution in [2.24, 2.45) is 5.92 Å². The van der Waals surface area contributed by atoms with Crippen LogP contribution in [0.15, 0.2) is 28.8 Å². The van der Waals surface area contributed by atoms with Crippen LogP contribution >= 0.6 is 0 Å². The summed E-state index contributed by atoms with van der Waals surface area (Å²) in [6.07, 6.45) is 1.69. The average Bonchev–Trinajstić information content (AvgIpc) is 3.22. The molecule has 0 radical (unpaired) electrons. The normalized spacial score (nSPS) is 19.6. The van der Waals surface area contributed by atoms with Crippen molar-refractivity contribution in [2.75, 3.05) is 0 Å². The molecule has 1 heterocycles. The van der Waals surface area contributed by atoms with E-state index in [1.807, 2.05) is 0 Å². The van der Waals surface area contributed by atoms with E-state index in [-0.39, 0.29) is 18.6 Å². The number of aliphatic carboxylic acids is 1. The van der Waals surface area contributed by atoms with Crippen molar-refractivity contribution in [1.29, 1.82) is 0 Å². The predicted molar refractivity (Wildman–Crippen MR) is 86.0 cm³/mol. The molecule has 1 aliphatic rings. The van der Waals surface area contributed by atoms with E-state index < -0.39 is 11.9 Å². The summed E-state index contributed by atoms with van der Waals surface area (Å²) < 4.78 is 10.5. The van der Waals surface area contributed by atoms with Gasteiger partial charge in [0.1, 0.15) is 5.75 Å². The van der Waals surface area contributed by atoms with Gasteiger partial charge in [0, 0.05) is 13.0 Å². The van der Waals surface area contributed by atoms with Crippen molar-refractivity contribution in [3.63, 3.8) is 0 Å². The number of carbonyl (C=O) groups excluding carboxylic acids is 1. The molecular weight excluding hydrogens is 326 g/mol. The van der Waals surface area contributed by atoms with Gasteiger partial charge in [-0.15, -0.1) is 0 Å². The fourth-order valence-corrected chi connectivity index (χ4v) is 2.92. The van der Waals surface area contributed by atoms with E-state index in [4.69, 9.17) is 14.4 Å². The maximum atomic E-state index is 12.5. The topological polar surface area (TPSA) is 115 Å². The Bertz CT molecular complexity index is 773. The molecule has 1 aromatic heterocycles. The number of carboxylic acids is 1. The third kappa shape index (κ3) is 4.14. The molecule has 2 N–H and O–H groups in total. The fraction of sp³-hybridized carbons (Fsp3) is 0.412. The molecule has 0 saturated heterocycles. The van der Waals surface area contributed by atoms with Gasteiger partial charge in [0.25, 0.3) is 5.91 Å². The van der Waals surface area contributed by atoms with E-state index in [1.165, 1.54) is 0 Å². The number of nitrogens with zero attached hydrogens (tertiary/aromatic N) is 2. The number of aromatic nitrogens is 2. The molecule has 2 atom stereocenters. The summed E-state index contributed by atoms with van der Waals surface area (Å²) in [6.45, 7) is 1.77. The standard InChI is InChI=1S/C17H19N3O5/c1-10-18-15(20-25-10)9-24-14-5-3-2-4-13(14)16(21)19-12-7-6-11(8-12)17(22)23/h2-5,11-12H,6-9H2,1H3,(H,19,21)(H,22,23)/t11-,12+/m0/s1. The Morgan fingerprint density at radius 2 is 2.16 bits per heavy atom. The molecule has 3 rings (SSSR count). The minimum Gasteiger partial charge on any atom is -0.485 e. The van der Waals surface area contributed by atoms with Crippen LogP contribution < -0.4 is 10.1 Å². The van der Waals surface area contributed by atoms with Crippen LogP contribution in [-0.4, -0.2) is 33.2 Å². The lowest BCUT2D eigenvalue weighted by atomic mass is 10.1. The Hall–Kier alpha value is -2.90. The lowest BCUT2D eigenvalue weighted by Crippen LogP contribution is -2.33. The zero-order valence-corrected chi connectivity index (χ0v) is 13.8. The second-order valence-corrected chi connectivity index (χ2v) is 6.03. The van der Waals surface area contributed by atoms with E-state index in [0.717, 1.165) is 0 Å². The SMILES string of the molecule is Cc1nc(COc2ccccc2C(=O)N[C@@H]2CC[C@H](C(=O)O)C2)no1. The summed E-state index contributed by atoms with van der Waals surface area (Å²) in [5, 5.41) is 15.7. The minimum absolute atomic E-state index is 0.0894. The van der Waals surface area contributed by atoms with Crippen LogP contribution in [0.1, 0.15) is 41.3 Å². The highest BCUT2D eigenvalue weighted by molar-refractivity contribution is 5.97. The zero-order chi connectivity index (χ0) is 17.8. The highest BCUT2D eigenvalue weighted by atomic mass is 16.5. The largest absolute Gasteiger partial charge is 0.485 e. The van der Waals surface area contributed by atoms with Crippen LogP contribution in [0.3, 0.4) is 0 Å². The van der Waals surface area contributed by atoms with E-state index >= 15 is 0 Å². The summed E-state index contributed by atoms with van der Waals surface area (Å²) in [6, 6.07) is 6.73. The fourth-order valence-electron chi connectivity index (χ4n) is 2.92. The summed E-state index contributed by atoms with van der Waals surface area (Å²) >= 11 is 0. The number of carboxylic acid groups (broad SMARTS) is 1. The molecule has 0 aliphatic heterocycles. The number of carbonyl (C=O) groups is 2. The second kappa shape index (κ2) is 7.33. The first-order valence-corrected chi connectivity index (χ1v) is 8.07. The van der Waals surface area contributed by atoms with E-state index in [2.05, 4.69) is 15.5 Å². The predicted octanol–water partition coefficient (Wildman–Crippen LogP) is 1.94. The van der Waals surface area contributed by atoms with Crippen molar-refractivity contribution in [2.45, 2.75) is 38.8 Å². The zero-order valence-electron chi connectivity index (χ0n) is 13.8. The third-order valence-electron chi connectivity index (χ3n) is 4.18. The average molecular weight is 345 g/mol. The number of benzene rings is 1. The molecule has 25 heavy (non-hydrogen) atoms. The first-order valence-electron chi connectivity index (χ1n) is 8.07. The summed E-state index contributed by atoms with van der Waals surface area (Å²) in [5.41, 5.74) is 0.390. The van der Waals surface area contributed by atoms with Crippen molar-refractivity contribution >= 4 is 11.9 Å². The van der Waals surface area contributed by atoms with Crippen molar-refractivity contribution < 1.29 is 24.0 Å². The second-order valence-electron chi connectivity index (χ2n) is 6.03. The van der Waals surface area contributed by atoms with E-state index in [1.54, 1.807) is 31.2 Å². The lowest BCUT2D eigenvalue weighted by molar-refractivity contribution is -0.141. The number of aryl methyl sites for hydroxylation is 1. The van der Waals surface area contributed by atoms with Crippen LogP contribution in [-0.2, 0) is 11.4 Å². The Labute approximate surface area is 144 Å². The Morgan fingerprint density at radius 3 is 2.84 bits per heavy atom. The first kappa shape index (κ1) is 16.9.